The zero-order valence-electron chi connectivity index (χ0n) is 9.04. The minimum atomic E-state index is 0.135. The molecule has 1 heterocycles. The van der Waals surface area contributed by atoms with Crippen LogP contribution in [-0.4, -0.2) is 22.6 Å². The molecule has 4 heteroatoms. The third kappa shape index (κ3) is 3.30. The van der Waals surface area contributed by atoms with Gasteiger partial charge in [-0.05, 0) is 20.3 Å². The van der Waals surface area contributed by atoms with Crippen molar-refractivity contribution >= 4 is 5.82 Å². The van der Waals surface area contributed by atoms with Crippen LogP contribution in [0.4, 0.5) is 5.82 Å². The smallest absolute Gasteiger partial charge is 0.129 e. The predicted octanol–water partition coefficient (Wildman–Crippen LogP) is 1.11. The number of aryl methyl sites for hydroxylation is 2. The zero-order valence-corrected chi connectivity index (χ0v) is 9.04. The van der Waals surface area contributed by atoms with Gasteiger partial charge in [-0.25, -0.2) is 9.97 Å². The van der Waals surface area contributed by atoms with Gasteiger partial charge in [0.2, 0.25) is 0 Å². The lowest BCUT2D eigenvalue weighted by Gasteiger charge is -2.09. The molecule has 0 aliphatic rings. The van der Waals surface area contributed by atoms with E-state index in [4.69, 9.17) is 5.73 Å². The van der Waals surface area contributed by atoms with Crippen LogP contribution in [0.25, 0.3) is 0 Å². The molecule has 0 saturated heterocycles. The van der Waals surface area contributed by atoms with Crippen molar-refractivity contribution in [3.8, 4) is 0 Å². The zero-order chi connectivity index (χ0) is 10.6. The molecule has 4 nitrogen and oxygen atoms in total. The molecular formula is C10H18N4. The second-order valence-electron chi connectivity index (χ2n) is 3.50. The van der Waals surface area contributed by atoms with E-state index in [2.05, 4.69) is 22.2 Å². The topological polar surface area (TPSA) is 63.8 Å². The van der Waals surface area contributed by atoms with Gasteiger partial charge in [-0.15, -0.1) is 0 Å². The van der Waals surface area contributed by atoms with Crippen LogP contribution in [0.3, 0.4) is 0 Å². The van der Waals surface area contributed by atoms with Crippen LogP contribution in [0, 0.1) is 6.92 Å². The number of nitrogens with one attached hydrogen (secondary N) is 1. The van der Waals surface area contributed by atoms with Gasteiger partial charge in [0.1, 0.15) is 11.6 Å². The molecule has 14 heavy (non-hydrogen) atoms. The van der Waals surface area contributed by atoms with Gasteiger partial charge in [-0.1, -0.05) is 6.92 Å². The fourth-order valence-corrected chi connectivity index (χ4v) is 1.17. The first-order valence-corrected chi connectivity index (χ1v) is 4.95. The highest BCUT2D eigenvalue weighted by Crippen LogP contribution is 2.06. The Balaban J connectivity index is 2.71. The predicted molar refractivity (Wildman–Crippen MR) is 58.3 cm³/mol. The number of nitrogens with zero attached hydrogens (tertiary/aromatic N) is 2. The van der Waals surface area contributed by atoms with Crippen LogP contribution in [0.5, 0.6) is 0 Å². The maximum atomic E-state index is 5.64. The number of anilines is 1. The van der Waals surface area contributed by atoms with Crippen LogP contribution < -0.4 is 11.1 Å². The Labute approximate surface area is 85.0 Å². The Morgan fingerprint density at radius 3 is 2.79 bits per heavy atom. The quantitative estimate of drug-likeness (QED) is 0.753. The summed E-state index contributed by atoms with van der Waals surface area (Å²) in [5, 5.41) is 3.18. The molecule has 3 N–H and O–H groups in total. The summed E-state index contributed by atoms with van der Waals surface area (Å²) in [6.45, 7) is 6.68. The summed E-state index contributed by atoms with van der Waals surface area (Å²) in [5.74, 6) is 1.67. The third-order valence-electron chi connectivity index (χ3n) is 1.86. The highest BCUT2D eigenvalue weighted by atomic mass is 15.0. The van der Waals surface area contributed by atoms with Gasteiger partial charge in [-0.2, -0.15) is 0 Å². The van der Waals surface area contributed by atoms with Crippen LogP contribution in [0.1, 0.15) is 25.4 Å². The number of hydrogen-bond donors (Lipinski definition) is 2. The second-order valence-corrected chi connectivity index (χ2v) is 3.50. The van der Waals surface area contributed by atoms with E-state index in [9.17, 15) is 0 Å². The van der Waals surface area contributed by atoms with Crippen LogP contribution >= 0.6 is 0 Å². The highest BCUT2D eigenvalue weighted by molar-refractivity contribution is 5.36. The van der Waals surface area contributed by atoms with Gasteiger partial charge in [0.25, 0.3) is 0 Å². The summed E-state index contributed by atoms with van der Waals surface area (Å²) in [5.41, 5.74) is 6.70. The van der Waals surface area contributed by atoms with E-state index in [1.165, 1.54) is 0 Å². The van der Waals surface area contributed by atoms with Gasteiger partial charge >= 0.3 is 0 Å². The normalized spacial score (nSPS) is 12.6. The Morgan fingerprint density at radius 2 is 2.21 bits per heavy atom. The van der Waals surface area contributed by atoms with Gasteiger partial charge in [0.15, 0.2) is 0 Å². The summed E-state index contributed by atoms with van der Waals surface area (Å²) in [6, 6.07) is 2.10. The van der Waals surface area contributed by atoms with E-state index in [1.54, 1.807) is 0 Å². The van der Waals surface area contributed by atoms with Crippen LogP contribution in [-0.2, 0) is 6.42 Å². The fourth-order valence-electron chi connectivity index (χ4n) is 1.17. The molecule has 1 atom stereocenters. The first-order chi connectivity index (χ1) is 6.61. The Bertz CT molecular complexity index is 296. The van der Waals surface area contributed by atoms with Crippen molar-refractivity contribution in [2.75, 3.05) is 11.9 Å². The summed E-state index contributed by atoms with van der Waals surface area (Å²) < 4.78 is 0. The van der Waals surface area contributed by atoms with Gasteiger partial charge in [-0.3, -0.25) is 0 Å². The van der Waals surface area contributed by atoms with Crippen molar-refractivity contribution in [2.24, 2.45) is 5.73 Å². The Morgan fingerprint density at radius 1 is 1.50 bits per heavy atom. The summed E-state index contributed by atoms with van der Waals surface area (Å²) in [6.07, 6.45) is 0.927. The molecule has 0 spiro atoms. The van der Waals surface area contributed by atoms with Gasteiger partial charge < -0.3 is 11.1 Å². The van der Waals surface area contributed by atoms with E-state index < -0.39 is 0 Å². The average molecular weight is 194 g/mol. The van der Waals surface area contributed by atoms with Gasteiger partial charge in [0.05, 0.1) is 0 Å². The summed E-state index contributed by atoms with van der Waals surface area (Å²) >= 11 is 0. The van der Waals surface area contributed by atoms with E-state index in [1.807, 2.05) is 19.9 Å². The molecule has 0 aliphatic heterocycles. The van der Waals surface area contributed by atoms with E-state index in [0.29, 0.717) is 0 Å². The lowest BCUT2D eigenvalue weighted by Crippen LogP contribution is -2.25. The standard InChI is InChI=1S/C10H18N4/c1-4-9-5-10(12-6-7(2)11)14-8(3)13-9/h5,7H,4,6,11H2,1-3H3,(H,12,13,14). The molecule has 0 bridgehead atoms. The Hall–Kier alpha value is -1.16. The first-order valence-electron chi connectivity index (χ1n) is 4.95. The molecule has 1 unspecified atom stereocenters. The minimum Gasteiger partial charge on any atom is -0.368 e. The average Bonchev–Trinajstić information content (AvgIpc) is 2.14. The monoisotopic (exact) mass is 194 g/mol. The maximum Gasteiger partial charge on any atom is 0.129 e. The number of nitrogens with two attached hydrogens (primary N) is 1. The van der Waals surface area contributed by atoms with E-state index in [-0.39, 0.29) is 6.04 Å². The van der Waals surface area contributed by atoms with E-state index >= 15 is 0 Å². The highest BCUT2D eigenvalue weighted by Gasteiger charge is 2.00. The molecule has 0 amide bonds. The number of rotatable bonds is 4. The van der Waals surface area contributed by atoms with Crippen molar-refractivity contribution in [3.63, 3.8) is 0 Å². The lowest BCUT2D eigenvalue weighted by molar-refractivity contribution is 0.775. The van der Waals surface area contributed by atoms with Crippen molar-refractivity contribution in [3.05, 3.63) is 17.6 Å². The molecule has 0 saturated carbocycles. The molecule has 0 fully saturated rings. The third-order valence-corrected chi connectivity index (χ3v) is 1.86. The maximum absolute atomic E-state index is 5.64. The fraction of sp³-hybridized carbons (Fsp3) is 0.600. The van der Waals surface area contributed by atoms with Crippen molar-refractivity contribution in [1.29, 1.82) is 0 Å². The number of aromatic nitrogens is 2. The van der Waals surface area contributed by atoms with Gasteiger partial charge in [0, 0.05) is 24.3 Å². The first kappa shape index (κ1) is 10.9. The molecule has 78 valence electrons. The molecular weight excluding hydrogens is 176 g/mol. The van der Waals surface area contributed by atoms with Crippen LogP contribution in [0.15, 0.2) is 6.07 Å². The molecule has 1 aromatic rings. The van der Waals surface area contributed by atoms with E-state index in [0.717, 1.165) is 30.3 Å². The molecule has 0 aliphatic carbocycles. The Kier molecular flexibility index (Phi) is 3.83. The minimum absolute atomic E-state index is 0.135. The molecule has 1 rings (SSSR count). The second kappa shape index (κ2) is 4.91. The van der Waals surface area contributed by atoms with Crippen molar-refractivity contribution in [1.82, 2.24) is 9.97 Å². The summed E-state index contributed by atoms with van der Waals surface area (Å²) in [7, 11) is 0. The van der Waals surface area contributed by atoms with Crippen molar-refractivity contribution < 1.29 is 0 Å². The summed E-state index contributed by atoms with van der Waals surface area (Å²) in [4.78, 5) is 8.57. The van der Waals surface area contributed by atoms with Crippen molar-refractivity contribution in [2.45, 2.75) is 33.2 Å². The molecule has 0 aromatic carbocycles. The number of hydrogen-bond acceptors (Lipinski definition) is 4. The SMILES string of the molecule is CCc1cc(NCC(C)N)nc(C)n1. The van der Waals surface area contributed by atoms with Crippen LogP contribution in [0.2, 0.25) is 0 Å². The largest absolute Gasteiger partial charge is 0.368 e. The molecule has 0 radical (unpaired) electrons. The molecule has 1 aromatic heterocycles. The lowest BCUT2D eigenvalue weighted by atomic mass is 10.3.